The number of aryl methyl sites for hydroxylation is 1. The molecule has 0 bridgehead atoms. The highest BCUT2D eigenvalue weighted by atomic mass is 15.1. The lowest BCUT2D eigenvalue weighted by molar-refractivity contribution is 0.618. The molecule has 3 heteroatoms. The van der Waals surface area contributed by atoms with Crippen LogP contribution in [0, 0.1) is 18.3 Å². The quantitative estimate of drug-likeness (QED) is 0.819. The fraction of sp³-hybridized carbons (Fsp3) is 0.462. The minimum atomic E-state index is -0.115. The number of anilines is 1. The zero-order valence-electron chi connectivity index (χ0n) is 10.2. The minimum Gasteiger partial charge on any atom is -0.372 e. The summed E-state index contributed by atoms with van der Waals surface area (Å²) in [5.74, 6) is 0. The van der Waals surface area contributed by atoms with E-state index in [4.69, 9.17) is 5.26 Å². The van der Waals surface area contributed by atoms with Gasteiger partial charge >= 0.3 is 0 Å². The summed E-state index contributed by atoms with van der Waals surface area (Å²) in [6.07, 6.45) is 0. The fourth-order valence-electron chi connectivity index (χ4n) is 1.58. The zero-order chi connectivity index (χ0) is 12.0. The number of hydrogen-bond donors (Lipinski definition) is 1. The number of hydrogen-bond acceptors (Lipinski definition) is 3. The fourth-order valence-corrected chi connectivity index (χ4v) is 1.58. The average Bonchev–Trinajstić information content (AvgIpc) is 2.29. The van der Waals surface area contributed by atoms with E-state index in [1.54, 1.807) is 0 Å². The summed E-state index contributed by atoms with van der Waals surface area (Å²) in [7, 11) is 2.01. The van der Waals surface area contributed by atoms with Gasteiger partial charge in [0.25, 0.3) is 0 Å². The maximum Gasteiger partial charge on any atom is 0.113 e. The molecule has 0 amide bonds. The highest BCUT2D eigenvalue weighted by Crippen LogP contribution is 2.13. The lowest BCUT2D eigenvalue weighted by Gasteiger charge is -2.22. The molecule has 3 nitrogen and oxygen atoms in total. The summed E-state index contributed by atoms with van der Waals surface area (Å²) < 4.78 is 0. The van der Waals surface area contributed by atoms with Crippen LogP contribution in [-0.2, 0) is 0 Å². The molecule has 0 aliphatic heterocycles. The number of nitrogens with one attached hydrogen (secondary N) is 1. The normalized spacial score (nSPS) is 11.9. The second-order valence-corrected chi connectivity index (χ2v) is 3.96. The van der Waals surface area contributed by atoms with Gasteiger partial charge in [0.05, 0.1) is 6.07 Å². The second kappa shape index (κ2) is 6.14. The van der Waals surface area contributed by atoms with Gasteiger partial charge in [-0.1, -0.05) is 24.6 Å². The SMILES string of the molecule is CCNC(C#N)CN(C)c1ccc(C)cc1. The van der Waals surface area contributed by atoms with Crippen molar-refractivity contribution in [2.75, 3.05) is 25.0 Å². The summed E-state index contributed by atoms with van der Waals surface area (Å²) in [4.78, 5) is 2.09. The Hall–Kier alpha value is -1.53. The van der Waals surface area contributed by atoms with E-state index in [1.807, 2.05) is 14.0 Å². The highest BCUT2D eigenvalue weighted by Gasteiger charge is 2.09. The number of nitrogens with zero attached hydrogens (tertiary/aromatic N) is 2. The standard InChI is InChI=1S/C13H19N3/c1-4-15-12(9-14)10-16(3)13-7-5-11(2)6-8-13/h5-8,12,15H,4,10H2,1-3H3. The molecule has 1 N–H and O–H groups in total. The van der Waals surface area contributed by atoms with Gasteiger partial charge in [-0.3, -0.25) is 0 Å². The van der Waals surface area contributed by atoms with Crippen LogP contribution in [0.4, 0.5) is 5.69 Å². The van der Waals surface area contributed by atoms with Crippen LogP contribution in [0.25, 0.3) is 0 Å². The summed E-state index contributed by atoms with van der Waals surface area (Å²) in [6, 6.07) is 10.5. The molecule has 1 aromatic carbocycles. The Morgan fingerprint density at radius 3 is 2.50 bits per heavy atom. The van der Waals surface area contributed by atoms with Crippen LogP contribution in [0.2, 0.25) is 0 Å². The third kappa shape index (κ3) is 3.56. The van der Waals surface area contributed by atoms with E-state index in [0.717, 1.165) is 12.2 Å². The topological polar surface area (TPSA) is 39.1 Å². The van der Waals surface area contributed by atoms with Crippen molar-refractivity contribution in [3.63, 3.8) is 0 Å². The van der Waals surface area contributed by atoms with Gasteiger partial charge in [0, 0.05) is 19.3 Å². The van der Waals surface area contributed by atoms with E-state index in [2.05, 4.69) is 47.5 Å². The monoisotopic (exact) mass is 217 g/mol. The maximum atomic E-state index is 8.96. The molecule has 0 radical (unpaired) electrons. The lowest BCUT2D eigenvalue weighted by Crippen LogP contribution is -2.38. The van der Waals surface area contributed by atoms with Crippen molar-refractivity contribution < 1.29 is 0 Å². The molecule has 1 rings (SSSR count). The van der Waals surface area contributed by atoms with Gasteiger partial charge in [-0.2, -0.15) is 5.26 Å². The Morgan fingerprint density at radius 2 is 2.00 bits per heavy atom. The van der Waals surface area contributed by atoms with Crippen LogP contribution < -0.4 is 10.2 Å². The summed E-state index contributed by atoms with van der Waals surface area (Å²) in [6.45, 7) is 5.60. The van der Waals surface area contributed by atoms with Crippen LogP contribution in [0.1, 0.15) is 12.5 Å². The van der Waals surface area contributed by atoms with E-state index in [1.165, 1.54) is 5.56 Å². The predicted molar refractivity (Wildman–Crippen MR) is 67.5 cm³/mol. The Morgan fingerprint density at radius 1 is 1.38 bits per heavy atom. The van der Waals surface area contributed by atoms with Gasteiger partial charge in [-0.05, 0) is 25.6 Å². The van der Waals surface area contributed by atoms with Gasteiger partial charge in [0.2, 0.25) is 0 Å². The van der Waals surface area contributed by atoms with Gasteiger partial charge in [-0.25, -0.2) is 0 Å². The minimum absolute atomic E-state index is 0.115. The van der Waals surface area contributed by atoms with E-state index in [9.17, 15) is 0 Å². The van der Waals surface area contributed by atoms with Crippen molar-refractivity contribution in [3.8, 4) is 6.07 Å². The first-order valence-corrected chi connectivity index (χ1v) is 5.58. The molecular weight excluding hydrogens is 198 g/mol. The first-order chi connectivity index (χ1) is 7.67. The Labute approximate surface area is 97.7 Å². The largest absolute Gasteiger partial charge is 0.372 e. The average molecular weight is 217 g/mol. The van der Waals surface area contributed by atoms with Gasteiger partial charge < -0.3 is 10.2 Å². The highest BCUT2D eigenvalue weighted by molar-refractivity contribution is 5.47. The van der Waals surface area contributed by atoms with E-state index < -0.39 is 0 Å². The molecule has 0 aromatic heterocycles. The van der Waals surface area contributed by atoms with Crippen LogP contribution in [0.3, 0.4) is 0 Å². The van der Waals surface area contributed by atoms with Crippen molar-refractivity contribution in [1.82, 2.24) is 5.32 Å². The van der Waals surface area contributed by atoms with Crippen molar-refractivity contribution in [2.24, 2.45) is 0 Å². The van der Waals surface area contributed by atoms with Crippen LogP contribution in [-0.4, -0.2) is 26.2 Å². The van der Waals surface area contributed by atoms with E-state index in [0.29, 0.717) is 6.54 Å². The Balaban J connectivity index is 2.61. The van der Waals surface area contributed by atoms with Crippen LogP contribution >= 0.6 is 0 Å². The summed E-state index contributed by atoms with van der Waals surface area (Å²) in [5.41, 5.74) is 2.39. The molecule has 1 aromatic rings. The van der Waals surface area contributed by atoms with Gasteiger partial charge in [-0.15, -0.1) is 0 Å². The van der Waals surface area contributed by atoms with E-state index in [-0.39, 0.29) is 6.04 Å². The molecular formula is C13H19N3. The number of nitriles is 1. The Bertz CT molecular complexity index is 350. The lowest BCUT2D eigenvalue weighted by atomic mass is 10.2. The molecule has 0 aliphatic rings. The molecule has 16 heavy (non-hydrogen) atoms. The third-order valence-corrected chi connectivity index (χ3v) is 2.54. The number of likely N-dealkylation sites (N-methyl/N-ethyl adjacent to an activating group) is 2. The van der Waals surface area contributed by atoms with Gasteiger partial charge in [0.1, 0.15) is 6.04 Å². The number of benzene rings is 1. The van der Waals surface area contributed by atoms with Crippen molar-refractivity contribution in [2.45, 2.75) is 19.9 Å². The predicted octanol–water partition coefficient (Wildman–Crippen LogP) is 1.93. The smallest absolute Gasteiger partial charge is 0.113 e. The first-order valence-electron chi connectivity index (χ1n) is 5.58. The molecule has 0 spiro atoms. The molecule has 0 saturated heterocycles. The van der Waals surface area contributed by atoms with Crippen molar-refractivity contribution in [3.05, 3.63) is 29.8 Å². The second-order valence-electron chi connectivity index (χ2n) is 3.96. The number of rotatable bonds is 5. The van der Waals surface area contributed by atoms with Crippen molar-refractivity contribution in [1.29, 1.82) is 5.26 Å². The van der Waals surface area contributed by atoms with Gasteiger partial charge in [0.15, 0.2) is 0 Å². The Kier molecular flexibility index (Phi) is 4.81. The molecule has 1 unspecified atom stereocenters. The molecule has 1 atom stereocenters. The van der Waals surface area contributed by atoms with Crippen molar-refractivity contribution >= 4 is 5.69 Å². The molecule has 0 aliphatic carbocycles. The molecule has 86 valence electrons. The van der Waals surface area contributed by atoms with Crippen LogP contribution in [0.15, 0.2) is 24.3 Å². The zero-order valence-corrected chi connectivity index (χ0v) is 10.2. The molecule has 0 heterocycles. The van der Waals surface area contributed by atoms with E-state index >= 15 is 0 Å². The summed E-state index contributed by atoms with van der Waals surface area (Å²) >= 11 is 0. The third-order valence-electron chi connectivity index (χ3n) is 2.54. The summed E-state index contributed by atoms with van der Waals surface area (Å²) in [5, 5.41) is 12.1. The maximum absolute atomic E-state index is 8.96. The molecule has 0 fully saturated rings. The molecule has 0 saturated carbocycles. The van der Waals surface area contributed by atoms with Crippen LogP contribution in [0.5, 0.6) is 0 Å². The first kappa shape index (κ1) is 12.5.